The summed E-state index contributed by atoms with van der Waals surface area (Å²) >= 11 is 0. The number of nitrogens with zero attached hydrogens (tertiary/aromatic N) is 1. The van der Waals surface area contributed by atoms with Gasteiger partial charge in [0, 0.05) is 6.04 Å². The molecule has 0 aliphatic heterocycles. The van der Waals surface area contributed by atoms with Crippen LogP contribution >= 0.6 is 0 Å². The lowest BCUT2D eigenvalue weighted by atomic mass is 9.91. The standard InChI is InChI=1S/C15H23NO2/c1-10-6-7-11(2)13(8-10)14(16(4)5)9-12(3)15(17)18/h6-8,12,14H,9H2,1-5H3,(H,17,18). The summed E-state index contributed by atoms with van der Waals surface area (Å²) in [5.74, 6) is -1.07. The van der Waals surface area contributed by atoms with Crippen LogP contribution in [0, 0.1) is 19.8 Å². The molecule has 0 fully saturated rings. The maximum Gasteiger partial charge on any atom is 0.306 e. The molecule has 3 nitrogen and oxygen atoms in total. The van der Waals surface area contributed by atoms with Crippen LogP contribution < -0.4 is 0 Å². The van der Waals surface area contributed by atoms with E-state index in [2.05, 4.69) is 36.9 Å². The van der Waals surface area contributed by atoms with Crippen molar-refractivity contribution in [1.82, 2.24) is 4.90 Å². The Labute approximate surface area is 109 Å². The lowest BCUT2D eigenvalue weighted by Gasteiger charge is -2.28. The summed E-state index contributed by atoms with van der Waals surface area (Å²) < 4.78 is 0. The minimum atomic E-state index is -0.729. The van der Waals surface area contributed by atoms with Crippen LogP contribution in [0.3, 0.4) is 0 Å². The molecule has 0 aliphatic rings. The van der Waals surface area contributed by atoms with Gasteiger partial charge in [0.15, 0.2) is 0 Å². The Bertz CT molecular complexity index is 427. The number of hydrogen-bond acceptors (Lipinski definition) is 2. The zero-order valence-corrected chi connectivity index (χ0v) is 11.9. The fourth-order valence-corrected chi connectivity index (χ4v) is 2.17. The minimum Gasteiger partial charge on any atom is -0.481 e. The molecule has 0 radical (unpaired) electrons. The molecule has 2 atom stereocenters. The summed E-state index contributed by atoms with van der Waals surface area (Å²) in [4.78, 5) is 13.1. The van der Waals surface area contributed by atoms with Gasteiger partial charge >= 0.3 is 5.97 Å². The molecule has 1 N–H and O–H groups in total. The van der Waals surface area contributed by atoms with Gasteiger partial charge in [-0.1, -0.05) is 30.7 Å². The van der Waals surface area contributed by atoms with Crippen molar-refractivity contribution in [3.63, 3.8) is 0 Å². The highest BCUT2D eigenvalue weighted by atomic mass is 16.4. The van der Waals surface area contributed by atoms with Gasteiger partial charge in [0.1, 0.15) is 0 Å². The van der Waals surface area contributed by atoms with Crippen molar-refractivity contribution < 1.29 is 9.90 Å². The number of benzene rings is 1. The average Bonchev–Trinajstić information content (AvgIpc) is 2.28. The fourth-order valence-electron chi connectivity index (χ4n) is 2.17. The molecule has 0 saturated heterocycles. The molecule has 0 spiro atoms. The summed E-state index contributed by atoms with van der Waals surface area (Å²) in [6, 6.07) is 6.50. The van der Waals surface area contributed by atoms with Gasteiger partial charge < -0.3 is 10.0 Å². The van der Waals surface area contributed by atoms with Crippen LogP contribution in [0.1, 0.15) is 36.1 Å². The van der Waals surface area contributed by atoms with E-state index in [-0.39, 0.29) is 12.0 Å². The van der Waals surface area contributed by atoms with Crippen LogP contribution in [0.5, 0.6) is 0 Å². The molecule has 1 aromatic carbocycles. The van der Waals surface area contributed by atoms with Crippen LogP contribution in [0.15, 0.2) is 18.2 Å². The van der Waals surface area contributed by atoms with Crippen molar-refractivity contribution in [1.29, 1.82) is 0 Å². The van der Waals surface area contributed by atoms with Gasteiger partial charge in [-0.2, -0.15) is 0 Å². The lowest BCUT2D eigenvalue weighted by molar-refractivity contribution is -0.141. The molecule has 0 aromatic heterocycles. The highest BCUT2D eigenvalue weighted by Crippen LogP contribution is 2.29. The van der Waals surface area contributed by atoms with E-state index in [0.29, 0.717) is 6.42 Å². The summed E-state index contributed by atoms with van der Waals surface area (Å²) in [5, 5.41) is 9.06. The predicted octanol–water partition coefficient (Wildman–Crippen LogP) is 3.02. The monoisotopic (exact) mass is 249 g/mol. The summed E-state index contributed by atoms with van der Waals surface area (Å²) in [6.45, 7) is 5.91. The van der Waals surface area contributed by atoms with Gasteiger partial charge in [-0.05, 0) is 45.5 Å². The van der Waals surface area contributed by atoms with Crippen LogP contribution in [0.4, 0.5) is 0 Å². The molecule has 0 saturated carbocycles. The maximum absolute atomic E-state index is 11.0. The topological polar surface area (TPSA) is 40.5 Å². The average molecular weight is 249 g/mol. The van der Waals surface area contributed by atoms with Crippen LogP contribution in [-0.4, -0.2) is 30.1 Å². The number of carbonyl (C=O) groups is 1. The van der Waals surface area contributed by atoms with E-state index < -0.39 is 5.97 Å². The SMILES string of the molecule is Cc1ccc(C)c(C(CC(C)C(=O)O)N(C)C)c1. The molecule has 0 aliphatic carbocycles. The Kier molecular flexibility index (Phi) is 4.91. The number of rotatable bonds is 5. The quantitative estimate of drug-likeness (QED) is 0.872. The van der Waals surface area contributed by atoms with Crippen LogP contribution in [0.2, 0.25) is 0 Å². The second-order valence-electron chi connectivity index (χ2n) is 5.31. The highest BCUT2D eigenvalue weighted by molar-refractivity contribution is 5.69. The number of hydrogen-bond donors (Lipinski definition) is 1. The normalized spacial score (nSPS) is 14.6. The molecular formula is C15H23NO2. The Balaban J connectivity index is 3.04. The van der Waals surface area contributed by atoms with Crippen molar-refractivity contribution in [2.45, 2.75) is 33.2 Å². The first-order valence-corrected chi connectivity index (χ1v) is 6.29. The van der Waals surface area contributed by atoms with Crippen molar-refractivity contribution >= 4 is 5.97 Å². The highest BCUT2D eigenvalue weighted by Gasteiger charge is 2.22. The second kappa shape index (κ2) is 6.01. The number of aliphatic carboxylic acids is 1. The molecule has 3 heteroatoms. The molecule has 0 heterocycles. The van der Waals surface area contributed by atoms with Gasteiger partial charge in [-0.3, -0.25) is 4.79 Å². The Morgan fingerprint density at radius 1 is 1.33 bits per heavy atom. The molecule has 0 amide bonds. The first kappa shape index (κ1) is 14.7. The molecule has 0 bridgehead atoms. The van der Waals surface area contributed by atoms with Gasteiger partial charge in [0.2, 0.25) is 0 Å². The van der Waals surface area contributed by atoms with E-state index in [1.54, 1.807) is 6.92 Å². The lowest BCUT2D eigenvalue weighted by Crippen LogP contribution is -2.25. The number of carboxylic acid groups (broad SMARTS) is 1. The van der Waals surface area contributed by atoms with E-state index in [9.17, 15) is 4.79 Å². The minimum absolute atomic E-state index is 0.149. The first-order chi connectivity index (χ1) is 8.32. The van der Waals surface area contributed by atoms with E-state index in [4.69, 9.17) is 5.11 Å². The van der Waals surface area contributed by atoms with Crippen molar-refractivity contribution in [3.05, 3.63) is 34.9 Å². The predicted molar refractivity (Wildman–Crippen MR) is 73.8 cm³/mol. The van der Waals surface area contributed by atoms with Crippen LogP contribution in [-0.2, 0) is 4.79 Å². The van der Waals surface area contributed by atoms with Gasteiger partial charge in [0.05, 0.1) is 5.92 Å². The maximum atomic E-state index is 11.0. The van der Waals surface area contributed by atoms with Gasteiger partial charge in [-0.15, -0.1) is 0 Å². The molecular weight excluding hydrogens is 226 g/mol. The van der Waals surface area contributed by atoms with E-state index in [0.717, 1.165) is 0 Å². The van der Waals surface area contributed by atoms with E-state index in [1.807, 2.05) is 14.1 Å². The van der Waals surface area contributed by atoms with E-state index in [1.165, 1.54) is 16.7 Å². The second-order valence-corrected chi connectivity index (χ2v) is 5.31. The Morgan fingerprint density at radius 2 is 1.94 bits per heavy atom. The third-order valence-electron chi connectivity index (χ3n) is 3.42. The fraction of sp³-hybridized carbons (Fsp3) is 0.533. The molecule has 1 aromatic rings. The van der Waals surface area contributed by atoms with Gasteiger partial charge in [0.25, 0.3) is 0 Å². The number of carboxylic acids is 1. The Hall–Kier alpha value is -1.35. The van der Waals surface area contributed by atoms with Crippen molar-refractivity contribution in [2.24, 2.45) is 5.92 Å². The number of aryl methyl sites for hydroxylation is 2. The first-order valence-electron chi connectivity index (χ1n) is 6.29. The molecule has 1 rings (SSSR count). The van der Waals surface area contributed by atoms with Gasteiger partial charge in [-0.25, -0.2) is 0 Å². The van der Waals surface area contributed by atoms with E-state index >= 15 is 0 Å². The zero-order chi connectivity index (χ0) is 13.9. The van der Waals surface area contributed by atoms with Crippen molar-refractivity contribution in [3.8, 4) is 0 Å². The summed E-state index contributed by atoms with van der Waals surface area (Å²) in [5.41, 5.74) is 3.66. The Morgan fingerprint density at radius 3 is 2.44 bits per heavy atom. The summed E-state index contributed by atoms with van der Waals surface area (Å²) in [6.07, 6.45) is 0.632. The largest absolute Gasteiger partial charge is 0.481 e. The zero-order valence-electron chi connectivity index (χ0n) is 11.9. The third kappa shape index (κ3) is 3.57. The molecule has 100 valence electrons. The molecule has 18 heavy (non-hydrogen) atoms. The van der Waals surface area contributed by atoms with Crippen molar-refractivity contribution in [2.75, 3.05) is 14.1 Å². The third-order valence-corrected chi connectivity index (χ3v) is 3.42. The van der Waals surface area contributed by atoms with Crippen LogP contribution in [0.25, 0.3) is 0 Å². The smallest absolute Gasteiger partial charge is 0.306 e. The summed E-state index contributed by atoms with van der Waals surface area (Å²) in [7, 11) is 4.00. The molecule has 2 unspecified atom stereocenters.